The first-order chi connectivity index (χ1) is 12.2. The Bertz CT molecular complexity index is 858. The summed E-state index contributed by atoms with van der Waals surface area (Å²) in [4.78, 5) is 13.3. The minimum Gasteiger partial charge on any atom is -0.497 e. The van der Waals surface area contributed by atoms with E-state index in [4.69, 9.17) is 14.0 Å². The molecular weight excluding hydrogens is 338 g/mol. The molecule has 128 valence electrons. The van der Waals surface area contributed by atoms with Gasteiger partial charge in [-0.05, 0) is 43.3 Å². The van der Waals surface area contributed by atoms with E-state index in [2.05, 4.69) is 5.16 Å². The van der Waals surface area contributed by atoms with E-state index in [0.717, 1.165) is 16.3 Å². The maximum absolute atomic E-state index is 12.5. The summed E-state index contributed by atoms with van der Waals surface area (Å²) in [5, 5.41) is 3.87. The molecule has 0 aliphatic heterocycles. The Morgan fingerprint density at radius 1 is 1.12 bits per heavy atom. The molecule has 0 unspecified atom stereocenters. The van der Waals surface area contributed by atoms with Gasteiger partial charge in [0.05, 0.1) is 24.1 Å². The standard InChI is InChI=1S/C19H17NO4S/c1-13-11-16(24-20-13)12-25-18-6-4-3-5-17(18)19(21)23-15-9-7-14(22-2)8-10-15/h3-11H,12H2,1-2H3. The number of ether oxygens (including phenoxy) is 2. The van der Waals surface area contributed by atoms with Gasteiger partial charge in [0.2, 0.25) is 0 Å². The second kappa shape index (κ2) is 7.90. The van der Waals surface area contributed by atoms with Gasteiger partial charge in [-0.25, -0.2) is 4.79 Å². The van der Waals surface area contributed by atoms with Crippen LogP contribution in [0.25, 0.3) is 0 Å². The third kappa shape index (κ3) is 4.42. The highest BCUT2D eigenvalue weighted by atomic mass is 32.2. The van der Waals surface area contributed by atoms with E-state index in [1.807, 2.05) is 31.2 Å². The smallest absolute Gasteiger partial charge is 0.344 e. The van der Waals surface area contributed by atoms with Crippen molar-refractivity contribution in [2.24, 2.45) is 0 Å². The lowest BCUT2D eigenvalue weighted by Gasteiger charge is -2.09. The number of hydrogen-bond donors (Lipinski definition) is 0. The van der Waals surface area contributed by atoms with E-state index in [-0.39, 0.29) is 0 Å². The van der Waals surface area contributed by atoms with Gasteiger partial charge in [0.15, 0.2) is 0 Å². The Hall–Kier alpha value is -2.73. The lowest BCUT2D eigenvalue weighted by molar-refractivity contribution is 0.0731. The number of aryl methyl sites for hydroxylation is 1. The van der Waals surface area contributed by atoms with Gasteiger partial charge >= 0.3 is 5.97 Å². The van der Waals surface area contributed by atoms with E-state index < -0.39 is 5.97 Å². The van der Waals surface area contributed by atoms with Gasteiger partial charge in [0.1, 0.15) is 17.3 Å². The fourth-order valence-electron chi connectivity index (χ4n) is 2.20. The molecule has 6 heteroatoms. The first-order valence-corrected chi connectivity index (χ1v) is 8.64. The van der Waals surface area contributed by atoms with Gasteiger partial charge in [-0.2, -0.15) is 0 Å². The summed E-state index contributed by atoms with van der Waals surface area (Å²) in [6, 6.07) is 16.1. The summed E-state index contributed by atoms with van der Waals surface area (Å²) in [5.41, 5.74) is 1.35. The van der Waals surface area contributed by atoms with Crippen LogP contribution in [0.15, 0.2) is 64.0 Å². The van der Waals surface area contributed by atoms with Gasteiger partial charge in [0.25, 0.3) is 0 Å². The van der Waals surface area contributed by atoms with E-state index in [9.17, 15) is 4.79 Å². The number of esters is 1. The van der Waals surface area contributed by atoms with Crippen LogP contribution in [0.3, 0.4) is 0 Å². The highest BCUT2D eigenvalue weighted by Gasteiger charge is 2.14. The van der Waals surface area contributed by atoms with E-state index in [1.165, 1.54) is 11.8 Å². The van der Waals surface area contributed by atoms with Crippen molar-refractivity contribution in [2.45, 2.75) is 17.6 Å². The van der Waals surface area contributed by atoms with Crippen molar-refractivity contribution in [1.29, 1.82) is 0 Å². The Morgan fingerprint density at radius 3 is 2.52 bits per heavy atom. The lowest BCUT2D eigenvalue weighted by Crippen LogP contribution is -2.09. The van der Waals surface area contributed by atoms with Gasteiger partial charge in [-0.1, -0.05) is 17.3 Å². The summed E-state index contributed by atoms with van der Waals surface area (Å²) in [6.45, 7) is 1.87. The number of methoxy groups -OCH3 is 1. The minimum absolute atomic E-state index is 0.401. The number of benzene rings is 2. The fraction of sp³-hybridized carbons (Fsp3) is 0.158. The molecule has 1 aromatic heterocycles. The van der Waals surface area contributed by atoms with Crippen LogP contribution in [0.5, 0.6) is 11.5 Å². The Morgan fingerprint density at radius 2 is 1.84 bits per heavy atom. The van der Waals surface area contributed by atoms with E-state index in [1.54, 1.807) is 37.4 Å². The zero-order valence-corrected chi connectivity index (χ0v) is 14.7. The van der Waals surface area contributed by atoms with Gasteiger partial charge in [-0.3, -0.25) is 0 Å². The quantitative estimate of drug-likeness (QED) is 0.368. The predicted molar refractivity (Wildman–Crippen MR) is 95.2 cm³/mol. The monoisotopic (exact) mass is 355 g/mol. The van der Waals surface area contributed by atoms with Crippen molar-refractivity contribution in [2.75, 3.05) is 7.11 Å². The number of carbonyl (C=O) groups is 1. The molecule has 0 aliphatic rings. The molecule has 3 rings (SSSR count). The predicted octanol–water partition coefficient (Wildman–Crippen LogP) is 4.50. The average molecular weight is 355 g/mol. The summed E-state index contributed by atoms with van der Waals surface area (Å²) >= 11 is 1.50. The Labute approximate surface area is 149 Å². The van der Waals surface area contributed by atoms with E-state index >= 15 is 0 Å². The average Bonchev–Trinajstić information content (AvgIpc) is 3.06. The molecule has 0 N–H and O–H groups in total. The molecule has 0 amide bonds. The molecule has 0 bridgehead atoms. The molecule has 1 heterocycles. The van der Waals surface area contributed by atoms with Crippen molar-refractivity contribution >= 4 is 17.7 Å². The Balaban J connectivity index is 1.71. The first kappa shape index (κ1) is 17.1. The summed E-state index contributed by atoms with van der Waals surface area (Å²) in [5.74, 6) is 2.13. The number of hydrogen-bond acceptors (Lipinski definition) is 6. The number of nitrogens with zero attached hydrogens (tertiary/aromatic N) is 1. The molecule has 25 heavy (non-hydrogen) atoms. The van der Waals surface area contributed by atoms with Crippen LogP contribution in [-0.2, 0) is 5.75 Å². The van der Waals surface area contributed by atoms with Crippen LogP contribution in [0.1, 0.15) is 21.8 Å². The largest absolute Gasteiger partial charge is 0.497 e. The number of thioether (sulfide) groups is 1. The third-order valence-corrected chi connectivity index (χ3v) is 4.52. The molecular formula is C19H17NO4S. The lowest BCUT2D eigenvalue weighted by atomic mass is 10.2. The molecule has 2 aromatic carbocycles. The molecule has 0 radical (unpaired) electrons. The molecule has 0 spiro atoms. The first-order valence-electron chi connectivity index (χ1n) is 7.66. The maximum Gasteiger partial charge on any atom is 0.344 e. The summed E-state index contributed by atoms with van der Waals surface area (Å²) in [6.07, 6.45) is 0. The molecule has 0 fully saturated rings. The highest BCUT2D eigenvalue weighted by Crippen LogP contribution is 2.28. The molecule has 0 aliphatic carbocycles. The topological polar surface area (TPSA) is 61.6 Å². The van der Waals surface area contributed by atoms with Crippen LogP contribution in [0, 0.1) is 6.92 Å². The molecule has 3 aromatic rings. The van der Waals surface area contributed by atoms with Crippen LogP contribution < -0.4 is 9.47 Å². The number of carbonyl (C=O) groups excluding carboxylic acids is 1. The molecule has 0 saturated heterocycles. The minimum atomic E-state index is -0.401. The van der Waals surface area contributed by atoms with Crippen molar-refractivity contribution in [3.8, 4) is 11.5 Å². The Kier molecular flexibility index (Phi) is 5.40. The van der Waals surface area contributed by atoms with Crippen LogP contribution in [0.4, 0.5) is 0 Å². The van der Waals surface area contributed by atoms with Gasteiger partial charge in [-0.15, -0.1) is 11.8 Å². The second-order valence-corrected chi connectivity index (χ2v) is 6.30. The zero-order chi connectivity index (χ0) is 17.6. The van der Waals surface area contributed by atoms with E-state index in [0.29, 0.717) is 22.8 Å². The van der Waals surface area contributed by atoms with Crippen molar-refractivity contribution in [1.82, 2.24) is 5.16 Å². The second-order valence-electron chi connectivity index (χ2n) is 5.28. The van der Waals surface area contributed by atoms with Crippen molar-refractivity contribution in [3.05, 3.63) is 71.6 Å². The number of aromatic nitrogens is 1. The molecule has 0 atom stereocenters. The normalized spacial score (nSPS) is 10.5. The number of rotatable bonds is 6. The van der Waals surface area contributed by atoms with Gasteiger partial charge in [0, 0.05) is 11.0 Å². The fourth-order valence-corrected chi connectivity index (χ4v) is 3.12. The summed E-state index contributed by atoms with van der Waals surface area (Å²) in [7, 11) is 1.59. The zero-order valence-electron chi connectivity index (χ0n) is 13.9. The van der Waals surface area contributed by atoms with Crippen molar-refractivity contribution in [3.63, 3.8) is 0 Å². The maximum atomic E-state index is 12.5. The van der Waals surface area contributed by atoms with Crippen LogP contribution >= 0.6 is 11.8 Å². The van der Waals surface area contributed by atoms with Gasteiger partial charge < -0.3 is 14.0 Å². The van der Waals surface area contributed by atoms with Crippen LogP contribution in [-0.4, -0.2) is 18.2 Å². The highest BCUT2D eigenvalue weighted by molar-refractivity contribution is 7.98. The van der Waals surface area contributed by atoms with Crippen molar-refractivity contribution < 1.29 is 18.8 Å². The summed E-state index contributed by atoms with van der Waals surface area (Å²) < 4.78 is 15.8. The molecule has 0 saturated carbocycles. The SMILES string of the molecule is COc1ccc(OC(=O)c2ccccc2SCc2cc(C)no2)cc1. The molecule has 5 nitrogen and oxygen atoms in total. The third-order valence-electron chi connectivity index (χ3n) is 3.42. The van der Waals surface area contributed by atoms with Crippen LogP contribution in [0.2, 0.25) is 0 Å².